The molecule has 0 unspecified atom stereocenters. The second kappa shape index (κ2) is 29.4. The minimum atomic E-state index is 0.625. The van der Waals surface area contributed by atoms with Gasteiger partial charge in [-0.3, -0.25) is 4.79 Å². The molecule has 1 rings (SSSR count). The molecule has 0 saturated heterocycles. The van der Waals surface area contributed by atoms with E-state index in [1.165, 1.54) is 38.5 Å². The number of amides is 1. The van der Waals surface area contributed by atoms with Crippen molar-refractivity contribution >= 4 is 6.41 Å². The minimum Gasteiger partial charge on any atom is -0.362 e. The molecule has 1 aliphatic carbocycles. The maximum Gasteiger partial charge on any atom is 0.206 e. The topological polar surface area (TPSA) is 29.1 Å². The molecule has 0 aliphatic heterocycles. The first-order valence-corrected chi connectivity index (χ1v) is 6.02. The lowest BCUT2D eigenvalue weighted by Gasteiger charge is -2.05. The van der Waals surface area contributed by atoms with Crippen LogP contribution in [0.2, 0.25) is 0 Å². The van der Waals surface area contributed by atoms with Crippen LogP contribution in [0.1, 0.15) is 66.2 Å². The fourth-order valence-electron chi connectivity index (χ4n) is 1.06. The Morgan fingerprint density at radius 1 is 0.786 bits per heavy atom. The highest BCUT2D eigenvalue weighted by molar-refractivity contribution is 5.44. The smallest absolute Gasteiger partial charge is 0.206 e. The van der Waals surface area contributed by atoms with Crippen LogP contribution in [-0.4, -0.2) is 13.5 Å². The lowest BCUT2D eigenvalue weighted by molar-refractivity contribution is -0.109. The van der Waals surface area contributed by atoms with E-state index >= 15 is 0 Å². The van der Waals surface area contributed by atoms with Crippen molar-refractivity contribution in [2.45, 2.75) is 66.2 Å². The average Bonchev–Trinajstić information content (AvgIpc) is 2.36. The molecule has 14 heavy (non-hydrogen) atoms. The zero-order chi connectivity index (χ0) is 11.7. The van der Waals surface area contributed by atoms with Gasteiger partial charge in [0.1, 0.15) is 0 Å². The summed E-state index contributed by atoms with van der Waals surface area (Å²) in [6, 6.07) is 0. The molecular formula is C12H29NO. The van der Waals surface area contributed by atoms with E-state index < -0.39 is 0 Å². The van der Waals surface area contributed by atoms with E-state index in [1.807, 2.05) is 27.7 Å². The number of hydrogen-bond donors (Lipinski definition) is 1. The molecule has 1 N–H and O–H groups in total. The molecule has 0 aromatic heterocycles. The molecule has 1 saturated carbocycles. The van der Waals surface area contributed by atoms with Gasteiger partial charge in [0, 0.05) is 7.05 Å². The number of hydrogen-bond acceptors (Lipinski definition) is 1. The van der Waals surface area contributed by atoms with Crippen molar-refractivity contribution in [3.05, 3.63) is 0 Å². The van der Waals surface area contributed by atoms with Crippen LogP contribution in [0.3, 0.4) is 0 Å². The Labute approximate surface area is 90.5 Å². The molecule has 2 heteroatoms. The number of rotatable bonds is 1. The van der Waals surface area contributed by atoms with Crippen molar-refractivity contribution in [1.29, 1.82) is 0 Å². The maximum absolute atomic E-state index is 9.06. The zero-order valence-electron chi connectivity index (χ0n) is 10.7. The predicted octanol–water partition coefficient (Wildman–Crippen LogP) is 3.76. The van der Waals surface area contributed by atoms with Gasteiger partial charge in [0.15, 0.2) is 0 Å². The molecule has 2 nitrogen and oxygen atoms in total. The van der Waals surface area contributed by atoms with Crippen LogP contribution in [0.5, 0.6) is 0 Å². The van der Waals surface area contributed by atoms with Crippen LogP contribution >= 0.6 is 0 Å². The van der Waals surface area contributed by atoms with Crippen LogP contribution in [-0.2, 0) is 4.79 Å². The van der Waals surface area contributed by atoms with E-state index in [0.29, 0.717) is 6.41 Å². The number of carbonyl (C=O) groups is 1. The van der Waals surface area contributed by atoms with Crippen LogP contribution < -0.4 is 5.32 Å². The Bertz CT molecular complexity index is 59.2. The van der Waals surface area contributed by atoms with Crippen LogP contribution in [0.15, 0.2) is 0 Å². The summed E-state index contributed by atoms with van der Waals surface area (Å²) in [5, 5.41) is 2.25. The van der Waals surface area contributed by atoms with Gasteiger partial charge in [0.2, 0.25) is 6.41 Å². The monoisotopic (exact) mass is 203 g/mol. The molecule has 1 aliphatic rings. The summed E-state index contributed by atoms with van der Waals surface area (Å²) in [5.74, 6) is 0. The minimum absolute atomic E-state index is 0.625. The van der Waals surface area contributed by atoms with Gasteiger partial charge in [-0.1, -0.05) is 66.2 Å². The van der Waals surface area contributed by atoms with E-state index in [2.05, 4.69) is 5.32 Å². The van der Waals surface area contributed by atoms with Crippen molar-refractivity contribution in [3.8, 4) is 0 Å². The first kappa shape index (κ1) is 19.1. The van der Waals surface area contributed by atoms with Crippen molar-refractivity contribution in [2.75, 3.05) is 7.05 Å². The molecular weight excluding hydrogens is 174 g/mol. The first-order valence-electron chi connectivity index (χ1n) is 6.02. The summed E-state index contributed by atoms with van der Waals surface area (Å²) in [6.45, 7) is 8.00. The normalized spacial score (nSPS) is 12.6. The second-order valence-electron chi connectivity index (χ2n) is 2.53. The standard InChI is InChI=1S/C6H12.C2H5NO.2C2H6/c1-2-4-6-5-3-1;1-3-2-4;2*1-2/h1-6H2;2H,1H3,(H,3,4);2*1-2H3. The third-order valence-electron chi connectivity index (χ3n) is 1.62. The van der Waals surface area contributed by atoms with Crippen molar-refractivity contribution in [1.82, 2.24) is 5.32 Å². The fourth-order valence-corrected chi connectivity index (χ4v) is 1.06. The fraction of sp³-hybridized carbons (Fsp3) is 0.917. The van der Waals surface area contributed by atoms with E-state index in [-0.39, 0.29) is 0 Å². The Morgan fingerprint density at radius 3 is 1.00 bits per heavy atom. The summed E-state index contributed by atoms with van der Waals surface area (Å²) in [4.78, 5) is 9.06. The molecule has 1 fully saturated rings. The zero-order valence-corrected chi connectivity index (χ0v) is 10.7. The molecule has 0 bridgehead atoms. The number of carbonyl (C=O) groups excluding carboxylic acids is 1. The number of nitrogens with one attached hydrogen (secondary N) is 1. The van der Waals surface area contributed by atoms with Gasteiger partial charge >= 0.3 is 0 Å². The highest BCUT2D eigenvalue weighted by Crippen LogP contribution is 2.15. The lowest BCUT2D eigenvalue weighted by atomic mass is 10.0. The molecule has 88 valence electrons. The third kappa shape index (κ3) is 30.0. The van der Waals surface area contributed by atoms with E-state index in [9.17, 15) is 0 Å². The van der Waals surface area contributed by atoms with Crippen LogP contribution in [0, 0.1) is 0 Å². The summed E-state index contributed by atoms with van der Waals surface area (Å²) in [6.07, 6.45) is 9.62. The Kier molecular flexibility index (Phi) is 40.1. The molecule has 0 heterocycles. The van der Waals surface area contributed by atoms with Gasteiger partial charge < -0.3 is 5.32 Å². The van der Waals surface area contributed by atoms with Gasteiger partial charge in [0.05, 0.1) is 0 Å². The van der Waals surface area contributed by atoms with Crippen molar-refractivity contribution in [3.63, 3.8) is 0 Å². The summed E-state index contributed by atoms with van der Waals surface area (Å²) in [5.41, 5.74) is 0. The quantitative estimate of drug-likeness (QED) is 0.646. The highest BCUT2D eigenvalue weighted by Gasteiger charge is 1.95. The molecule has 0 radical (unpaired) electrons. The van der Waals surface area contributed by atoms with Gasteiger partial charge in [-0.2, -0.15) is 0 Å². The van der Waals surface area contributed by atoms with Gasteiger partial charge in [-0.05, 0) is 0 Å². The molecule has 0 spiro atoms. The van der Waals surface area contributed by atoms with Crippen LogP contribution in [0.25, 0.3) is 0 Å². The van der Waals surface area contributed by atoms with Crippen molar-refractivity contribution in [2.24, 2.45) is 0 Å². The van der Waals surface area contributed by atoms with E-state index in [4.69, 9.17) is 4.79 Å². The average molecular weight is 203 g/mol. The van der Waals surface area contributed by atoms with E-state index in [1.54, 1.807) is 7.05 Å². The Balaban J connectivity index is -0.000000134. The summed E-state index contributed by atoms with van der Waals surface area (Å²) in [7, 11) is 1.56. The van der Waals surface area contributed by atoms with E-state index in [0.717, 1.165) is 0 Å². The maximum atomic E-state index is 9.06. The van der Waals surface area contributed by atoms with Crippen molar-refractivity contribution < 1.29 is 4.79 Å². The SMILES string of the molecule is C1CCCCC1.CC.CC.CNC=O. The highest BCUT2D eigenvalue weighted by atomic mass is 16.1. The predicted molar refractivity (Wildman–Crippen MR) is 65.5 cm³/mol. The molecule has 1 amide bonds. The Morgan fingerprint density at radius 2 is 0.929 bits per heavy atom. The first-order chi connectivity index (χ1) is 6.91. The largest absolute Gasteiger partial charge is 0.362 e. The Hall–Kier alpha value is -0.530. The van der Waals surface area contributed by atoms with Crippen LogP contribution in [0.4, 0.5) is 0 Å². The molecule has 0 aromatic carbocycles. The van der Waals surface area contributed by atoms with Gasteiger partial charge in [0.25, 0.3) is 0 Å². The summed E-state index contributed by atoms with van der Waals surface area (Å²) >= 11 is 0. The van der Waals surface area contributed by atoms with Gasteiger partial charge in [-0.25, -0.2) is 0 Å². The third-order valence-corrected chi connectivity index (χ3v) is 1.62. The second-order valence-corrected chi connectivity index (χ2v) is 2.53. The summed E-state index contributed by atoms with van der Waals surface area (Å²) < 4.78 is 0. The molecule has 0 atom stereocenters. The van der Waals surface area contributed by atoms with Gasteiger partial charge in [-0.15, -0.1) is 0 Å². The lowest BCUT2D eigenvalue weighted by Crippen LogP contribution is -1.98. The molecule has 0 aromatic rings.